The zero-order valence-electron chi connectivity index (χ0n) is 12.0. The maximum Gasteiger partial charge on any atom is 0.150 e. The zero-order valence-corrected chi connectivity index (χ0v) is 12.8. The van der Waals surface area contributed by atoms with Crippen LogP contribution in [-0.2, 0) is 6.54 Å². The van der Waals surface area contributed by atoms with Crippen molar-refractivity contribution in [2.45, 2.75) is 19.9 Å². The van der Waals surface area contributed by atoms with E-state index in [4.69, 9.17) is 0 Å². The maximum atomic E-state index is 4.45. The number of nitrogens with zero attached hydrogens (tertiary/aromatic N) is 3. The molecule has 21 heavy (non-hydrogen) atoms. The SMILES string of the molecule is CCCNc1ccc(Cn2ccnc2-c2cccs2)cn1. The molecule has 0 aliphatic carbocycles. The summed E-state index contributed by atoms with van der Waals surface area (Å²) in [6.07, 6.45) is 6.89. The lowest BCUT2D eigenvalue weighted by atomic mass is 10.2. The van der Waals surface area contributed by atoms with E-state index in [1.165, 1.54) is 10.4 Å². The van der Waals surface area contributed by atoms with Gasteiger partial charge in [-0.15, -0.1) is 11.3 Å². The average Bonchev–Trinajstić information content (AvgIpc) is 3.17. The first-order chi connectivity index (χ1) is 10.4. The number of nitrogens with one attached hydrogen (secondary N) is 1. The highest BCUT2D eigenvalue weighted by molar-refractivity contribution is 7.13. The van der Waals surface area contributed by atoms with Crippen LogP contribution in [0.5, 0.6) is 0 Å². The molecule has 0 bridgehead atoms. The Morgan fingerprint density at radius 1 is 1.24 bits per heavy atom. The number of hydrogen-bond acceptors (Lipinski definition) is 4. The lowest BCUT2D eigenvalue weighted by molar-refractivity contribution is 0.804. The summed E-state index contributed by atoms with van der Waals surface area (Å²) in [6, 6.07) is 8.30. The number of hydrogen-bond donors (Lipinski definition) is 1. The summed E-state index contributed by atoms with van der Waals surface area (Å²) in [6.45, 7) is 3.89. The first kappa shape index (κ1) is 13.8. The van der Waals surface area contributed by atoms with Crippen molar-refractivity contribution in [3.63, 3.8) is 0 Å². The van der Waals surface area contributed by atoms with Crippen molar-refractivity contribution >= 4 is 17.2 Å². The van der Waals surface area contributed by atoms with Crippen LogP contribution in [0.25, 0.3) is 10.7 Å². The Morgan fingerprint density at radius 2 is 2.19 bits per heavy atom. The van der Waals surface area contributed by atoms with E-state index in [-0.39, 0.29) is 0 Å². The molecule has 0 aromatic carbocycles. The largest absolute Gasteiger partial charge is 0.370 e. The van der Waals surface area contributed by atoms with E-state index in [9.17, 15) is 0 Å². The van der Waals surface area contributed by atoms with Gasteiger partial charge in [-0.2, -0.15) is 0 Å². The lowest BCUT2D eigenvalue weighted by Gasteiger charge is -2.08. The van der Waals surface area contributed by atoms with Crippen molar-refractivity contribution in [3.05, 3.63) is 53.8 Å². The summed E-state index contributed by atoms with van der Waals surface area (Å²) in [7, 11) is 0. The summed E-state index contributed by atoms with van der Waals surface area (Å²) < 4.78 is 2.15. The third kappa shape index (κ3) is 3.31. The zero-order chi connectivity index (χ0) is 14.5. The van der Waals surface area contributed by atoms with Gasteiger partial charge in [-0.25, -0.2) is 9.97 Å². The van der Waals surface area contributed by atoms with Gasteiger partial charge in [0.1, 0.15) is 11.6 Å². The first-order valence-electron chi connectivity index (χ1n) is 7.10. The Kier molecular flexibility index (Phi) is 4.31. The smallest absolute Gasteiger partial charge is 0.150 e. The molecule has 0 fully saturated rings. The van der Waals surface area contributed by atoms with Crippen LogP contribution in [0.1, 0.15) is 18.9 Å². The Morgan fingerprint density at radius 3 is 2.90 bits per heavy atom. The van der Waals surface area contributed by atoms with Gasteiger partial charge in [0.25, 0.3) is 0 Å². The minimum atomic E-state index is 0.786. The van der Waals surface area contributed by atoms with Crippen LogP contribution in [0.3, 0.4) is 0 Å². The second-order valence-electron chi connectivity index (χ2n) is 4.83. The molecule has 3 aromatic heterocycles. The molecule has 5 heteroatoms. The van der Waals surface area contributed by atoms with Crippen molar-refractivity contribution in [1.82, 2.24) is 14.5 Å². The quantitative estimate of drug-likeness (QED) is 0.751. The molecule has 1 N–H and O–H groups in total. The van der Waals surface area contributed by atoms with Crippen LogP contribution < -0.4 is 5.32 Å². The van der Waals surface area contributed by atoms with E-state index in [1.54, 1.807) is 11.3 Å². The Balaban J connectivity index is 1.74. The second-order valence-corrected chi connectivity index (χ2v) is 5.78. The molecule has 4 nitrogen and oxygen atoms in total. The van der Waals surface area contributed by atoms with E-state index >= 15 is 0 Å². The minimum absolute atomic E-state index is 0.786. The molecule has 0 aliphatic heterocycles. The summed E-state index contributed by atoms with van der Waals surface area (Å²) in [4.78, 5) is 10.1. The molecule has 0 saturated carbocycles. The van der Waals surface area contributed by atoms with Crippen LogP contribution in [0.4, 0.5) is 5.82 Å². The highest BCUT2D eigenvalue weighted by Crippen LogP contribution is 2.23. The van der Waals surface area contributed by atoms with Crippen molar-refractivity contribution < 1.29 is 0 Å². The summed E-state index contributed by atoms with van der Waals surface area (Å²) in [5.41, 5.74) is 1.17. The van der Waals surface area contributed by atoms with Crippen LogP contribution >= 0.6 is 11.3 Å². The van der Waals surface area contributed by atoms with Crippen molar-refractivity contribution in [2.75, 3.05) is 11.9 Å². The van der Waals surface area contributed by atoms with Crippen molar-refractivity contribution in [3.8, 4) is 10.7 Å². The number of aromatic nitrogens is 3. The Labute approximate surface area is 128 Å². The fourth-order valence-electron chi connectivity index (χ4n) is 2.14. The average molecular weight is 298 g/mol. The van der Waals surface area contributed by atoms with Crippen LogP contribution in [-0.4, -0.2) is 21.1 Å². The van der Waals surface area contributed by atoms with E-state index in [1.807, 2.05) is 24.7 Å². The number of rotatable bonds is 6. The highest BCUT2D eigenvalue weighted by Gasteiger charge is 2.07. The maximum absolute atomic E-state index is 4.45. The summed E-state index contributed by atoms with van der Waals surface area (Å²) >= 11 is 1.71. The molecule has 0 aliphatic rings. The molecule has 0 atom stereocenters. The predicted octanol–water partition coefficient (Wildman–Crippen LogP) is 3.88. The molecule has 0 unspecified atom stereocenters. The monoisotopic (exact) mass is 298 g/mol. The standard InChI is InChI=1S/C16H18N4S/c1-2-7-17-15-6-5-13(11-19-15)12-20-9-8-18-16(20)14-4-3-10-21-14/h3-6,8-11H,2,7,12H2,1H3,(H,17,19). The number of thiophene rings is 1. The van der Waals surface area contributed by atoms with Crippen LogP contribution in [0.2, 0.25) is 0 Å². The van der Waals surface area contributed by atoms with Gasteiger partial charge in [0.15, 0.2) is 0 Å². The van der Waals surface area contributed by atoms with Gasteiger partial charge in [-0.05, 0) is 29.5 Å². The minimum Gasteiger partial charge on any atom is -0.370 e. The van der Waals surface area contributed by atoms with Gasteiger partial charge in [-0.3, -0.25) is 0 Å². The van der Waals surface area contributed by atoms with Gasteiger partial charge in [0, 0.05) is 25.1 Å². The molecular weight excluding hydrogens is 280 g/mol. The predicted molar refractivity (Wildman–Crippen MR) is 87.7 cm³/mol. The van der Waals surface area contributed by atoms with Crippen LogP contribution in [0.15, 0.2) is 48.2 Å². The topological polar surface area (TPSA) is 42.7 Å². The lowest BCUT2D eigenvalue weighted by Crippen LogP contribution is -2.04. The van der Waals surface area contributed by atoms with Gasteiger partial charge < -0.3 is 9.88 Å². The first-order valence-corrected chi connectivity index (χ1v) is 7.98. The molecule has 3 aromatic rings. The third-order valence-corrected chi connectivity index (χ3v) is 4.06. The van der Waals surface area contributed by atoms with Crippen molar-refractivity contribution in [1.29, 1.82) is 0 Å². The fourth-order valence-corrected chi connectivity index (χ4v) is 2.88. The van der Waals surface area contributed by atoms with E-state index in [2.05, 4.69) is 50.4 Å². The van der Waals surface area contributed by atoms with Gasteiger partial charge in [0.2, 0.25) is 0 Å². The Hall–Kier alpha value is -2.14. The third-order valence-electron chi connectivity index (χ3n) is 3.19. The van der Waals surface area contributed by atoms with Gasteiger partial charge in [0.05, 0.1) is 11.4 Å². The number of anilines is 1. The normalized spacial score (nSPS) is 10.7. The highest BCUT2D eigenvalue weighted by atomic mass is 32.1. The molecule has 0 saturated heterocycles. The van der Waals surface area contributed by atoms with Gasteiger partial charge >= 0.3 is 0 Å². The summed E-state index contributed by atoms with van der Waals surface area (Å²) in [5, 5.41) is 5.36. The summed E-state index contributed by atoms with van der Waals surface area (Å²) in [5.74, 6) is 1.95. The molecule has 3 rings (SSSR count). The molecule has 108 valence electrons. The molecule has 0 spiro atoms. The van der Waals surface area contributed by atoms with E-state index < -0.39 is 0 Å². The van der Waals surface area contributed by atoms with E-state index in [0.717, 1.165) is 31.2 Å². The fraction of sp³-hybridized carbons (Fsp3) is 0.250. The molecule has 0 amide bonds. The molecule has 0 radical (unpaired) electrons. The number of pyridine rings is 1. The molecular formula is C16H18N4S. The van der Waals surface area contributed by atoms with E-state index in [0.29, 0.717) is 0 Å². The van der Waals surface area contributed by atoms with Crippen molar-refractivity contribution in [2.24, 2.45) is 0 Å². The Bertz CT molecular complexity index is 671. The molecule has 3 heterocycles. The van der Waals surface area contributed by atoms with Crippen LogP contribution in [0, 0.1) is 0 Å². The van der Waals surface area contributed by atoms with Gasteiger partial charge in [-0.1, -0.05) is 19.1 Å². The second kappa shape index (κ2) is 6.54. The number of imidazole rings is 1.